The molecule has 1 unspecified atom stereocenters. The molecule has 25 heavy (non-hydrogen) atoms. The summed E-state index contributed by atoms with van der Waals surface area (Å²) in [6.07, 6.45) is 13.7. The predicted octanol–water partition coefficient (Wildman–Crippen LogP) is 4.25. The number of piperidine rings is 1. The minimum atomic E-state index is -0.186. The molecular formula is C21H35NO3. The summed E-state index contributed by atoms with van der Waals surface area (Å²) in [6.45, 7) is 4.24. The zero-order valence-corrected chi connectivity index (χ0v) is 16.1. The maximum absolute atomic E-state index is 12.9. The SMILES string of the molecule is CCCCCC[C@@H]1CC(=O)[C@H]2CCCCC23CC[C@@H](COC(C)=O)N13. The average molecular weight is 350 g/mol. The summed E-state index contributed by atoms with van der Waals surface area (Å²) in [4.78, 5) is 26.9. The second-order valence-electron chi connectivity index (χ2n) is 8.48. The molecule has 3 aliphatic rings. The molecule has 1 saturated carbocycles. The van der Waals surface area contributed by atoms with E-state index in [4.69, 9.17) is 4.74 Å². The van der Waals surface area contributed by atoms with Crippen molar-refractivity contribution in [3.8, 4) is 0 Å². The third-order valence-electron chi connectivity index (χ3n) is 6.91. The van der Waals surface area contributed by atoms with Crippen molar-refractivity contribution in [3.05, 3.63) is 0 Å². The van der Waals surface area contributed by atoms with Crippen LogP contribution < -0.4 is 0 Å². The van der Waals surface area contributed by atoms with Gasteiger partial charge in [-0.3, -0.25) is 14.5 Å². The largest absolute Gasteiger partial charge is 0.464 e. The van der Waals surface area contributed by atoms with Crippen molar-refractivity contribution in [3.63, 3.8) is 0 Å². The normalized spacial score (nSPS) is 35.3. The Morgan fingerprint density at radius 2 is 2.00 bits per heavy atom. The molecule has 4 heteroatoms. The molecule has 4 atom stereocenters. The molecule has 4 nitrogen and oxygen atoms in total. The first kappa shape index (κ1) is 18.9. The van der Waals surface area contributed by atoms with Crippen LogP contribution in [0.1, 0.15) is 90.9 Å². The molecule has 142 valence electrons. The zero-order chi connectivity index (χ0) is 17.9. The lowest BCUT2D eigenvalue weighted by atomic mass is 9.65. The quantitative estimate of drug-likeness (QED) is 0.509. The summed E-state index contributed by atoms with van der Waals surface area (Å²) in [5.74, 6) is 0.564. The average Bonchev–Trinajstić information content (AvgIpc) is 2.95. The molecule has 1 spiro atoms. The number of rotatable bonds is 7. The Morgan fingerprint density at radius 3 is 2.76 bits per heavy atom. The highest BCUT2D eigenvalue weighted by atomic mass is 16.5. The number of carbonyl (C=O) groups is 2. The van der Waals surface area contributed by atoms with Gasteiger partial charge in [0.1, 0.15) is 12.4 Å². The van der Waals surface area contributed by atoms with Gasteiger partial charge < -0.3 is 4.74 Å². The van der Waals surface area contributed by atoms with E-state index in [9.17, 15) is 9.59 Å². The smallest absolute Gasteiger partial charge is 0.302 e. The molecule has 2 saturated heterocycles. The van der Waals surface area contributed by atoms with E-state index < -0.39 is 0 Å². The van der Waals surface area contributed by atoms with Gasteiger partial charge in [0.05, 0.1) is 0 Å². The highest BCUT2D eigenvalue weighted by molar-refractivity contribution is 5.84. The molecule has 3 fully saturated rings. The van der Waals surface area contributed by atoms with Crippen molar-refractivity contribution in [2.75, 3.05) is 6.61 Å². The topological polar surface area (TPSA) is 46.6 Å². The van der Waals surface area contributed by atoms with Crippen molar-refractivity contribution in [2.24, 2.45) is 5.92 Å². The van der Waals surface area contributed by atoms with Gasteiger partial charge in [-0.1, -0.05) is 45.4 Å². The number of carbonyl (C=O) groups excluding carboxylic acids is 2. The Labute approximate surface area is 152 Å². The van der Waals surface area contributed by atoms with E-state index in [2.05, 4.69) is 11.8 Å². The van der Waals surface area contributed by atoms with Crippen LogP contribution in [0.25, 0.3) is 0 Å². The molecule has 0 aromatic heterocycles. The highest BCUT2D eigenvalue weighted by Crippen LogP contribution is 2.53. The van der Waals surface area contributed by atoms with E-state index in [1.165, 1.54) is 45.4 Å². The number of Topliss-reactive ketones (excluding diaryl/α,β-unsaturated/α-hetero) is 1. The summed E-state index contributed by atoms with van der Waals surface area (Å²) in [5.41, 5.74) is 0.0772. The number of hydrogen-bond donors (Lipinski definition) is 0. The maximum Gasteiger partial charge on any atom is 0.302 e. The van der Waals surface area contributed by atoms with E-state index in [1.807, 2.05) is 0 Å². The lowest BCUT2D eigenvalue weighted by Crippen LogP contribution is -2.64. The molecule has 2 heterocycles. The molecule has 0 bridgehead atoms. The Bertz CT molecular complexity index is 492. The number of ether oxygens (including phenoxy) is 1. The summed E-state index contributed by atoms with van der Waals surface area (Å²) in [7, 11) is 0. The lowest BCUT2D eigenvalue weighted by Gasteiger charge is -2.55. The minimum Gasteiger partial charge on any atom is -0.464 e. The standard InChI is InChI=1S/C21H35NO3/c1-3-4-5-6-9-17-14-20(24)19-10-7-8-12-21(19)13-11-18(22(17)21)15-25-16(2)23/h17-19H,3-15H2,1-2H3/t17-,18+,19-,21?/m1/s1. The van der Waals surface area contributed by atoms with Crippen LogP contribution in [-0.4, -0.2) is 40.9 Å². The van der Waals surface area contributed by atoms with Crippen molar-refractivity contribution in [2.45, 2.75) is 109 Å². The molecule has 0 aromatic carbocycles. The monoisotopic (exact) mass is 349 g/mol. The third kappa shape index (κ3) is 3.79. The molecule has 3 rings (SSSR count). The fraction of sp³-hybridized carbons (Fsp3) is 0.905. The Balaban J connectivity index is 1.77. The minimum absolute atomic E-state index is 0.0772. The van der Waals surface area contributed by atoms with Crippen LogP contribution >= 0.6 is 0 Å². The van der Waals surface area contributed by atoms with Crippen LogP contribution in [0, 0.1) is 5.92 Å². The van der Waals surface area contributed by atoms with Gasteiger partial charge in [-0.15, -0.1) is 0 Å². The number of ketones is 1. The van der Waals surface area contributed by atoms with E-state index in [0.717, 1.165) is 38.5 Å². The number of unbranched alkanes of at least 4 members (excludes halogenated alkanes) is 3. The van der Waals surface area contributed by atoms with Gasteiger partial charge >= 0.3 is 5.97 Å². The summed E-state index contributed by atoms with van der Waals surface area (Å²) in [5, 5.41) is 0. The maximum atomic E-state index is 12.9. The third-order valence-corrected chi connectivity index (χ3v) is 6.91. The molecule has 0 aromatic rings. The van der Waals surface area contributed by atoms with Gasteiger partial charge in [0.2, 0.25) is 0 Å². The fourth-order valence-corrected chi connectivity index (χ4v) is 5.90. The first-order chi connectivity index (χ1) is 12.1. The zero-order valence-electron chi connectivity index (χ0n) is 16.1. The fourth-order valence-electron chi connectivity index (χ4n) is 5.90. The number of hydrogen-bond acceptors (Lipinski definition) is 4. The van der Waals surface area contributed by atoms with Crippen molar-refractivity contribution < 1.29 is 14.3 Å². The molecule has 0 radical (unpaired) electrons. The summed E-state index contributed by atoms with van der Waals surface area (Å²) >= 11 is 0. The Kier molecular flexibility index (Phi) is 6.19. The molecular weight excluding hydrogens is 314 g/mol. The highest BCUT2D eigenvalue weighted by Gasteiger charge is 2.58. The number of nitrogens with zero attached hydrogens (tertiary/aromatic N) is 1. The molecule has 2 aliphatic heterocycles. The van der Waals surface area contributed by atoms with Crippen LogP contribution in [-0.2, 0) is 14.3 Å². The van der Waals surface area contributed by atoms with Gasteiger partial charge in [-0.05, 0) is 32.1 Å². The molecule has 0 N–H and O–H groups in total. The van der Waals surface area contributed by atoms with Crippen molar-refractivity contribution in [1.29, 1.82) is 0 Å². The Hall–Kier alpha value is -0.900. The predicted molar refractivity (Wildman–Crippen MR) is 98.4 cm³/mol. The molecule has 1 aliphatic carbocycles. The van der Waals surface area contributed by atoms with E-state index in [1.54, 1.807) is 0 Å². The van der Waals surface area contributed by atoms with E-state index in [0.29, 0.717) is 24.5 Å². The first-order valence-electron chi connectivity index (χ1n) is 10.5. The second kappa shape index (κ2) is 8.20. The van der Waals surface area contributed by atoms with Crippen LogP contribution in [0.15, 0.2) is 0 Å². The van der Waals surface area contributed by atoms with Crippen LogP contribution in [0.3, 0.4) is 0 Å². The summed E-state index contributed by atoms with van der Waals surface area (Å²) in [6, 6.07) is 0.676. The van der Waals surface area contributed by atoms with Gasteiger partial charge in [0.25, 0.3) is 0 Å². The lowest BCUT2D eigenvalue weighted by molar-refractivity contribution is -0.151. The van der Waals surface area contributed by atoms with Gasteiger partial charge in [-0.25, -0.2) is 0 Å². The van der Waals surface area contributed by atoms with Gasteiger partial charge in [0.15, 0.2) is 0 Å². The number of esters is 1. The van der Waals surface area contributed by atoms with Gasteiger partial charge in [-0.2, -0.15) is 0 Å². The molecule has 0 amide bonds. The Morgan fingerprint density at radius 1 is 1.16 bits per heavy atom. The van der Waals surface area contributed by atoms with Crippen LogP contribution in [0.4, 0.5) is 0 Å². The van der Waals surface area contributed by atoms with Crippen LogP contribution in [0.2, 0.25) is 0 Å². The van der Waals surface area contributed by atoms with E-state index >= 15 is 0 Å². The van der Waals surface area contributed by atoms with Gasteiger partial charge in [0, 0.05) is 36.9 Å². The second-order valence-corrected chi connectivity index (χ2v) is 8.48. The first-order valence-corrected chi connectivity index (χ1v) is 10.5. The van der Waals surface area contributed by atoms with Crippen molar-refractivity contribution in [1.82, 2.24) is 4.90 Å². The van der Waals surface area contributed by atoms with Crippen LogP contribution in [0.5, 0.6) is 0 Å². The summed E-state index contributed by atoms with van der Waals surface area (Å²) < 4.78 is 5.40. The van der Waals surface area contributed by atoms with E-state index in [-0.39, 0.29) is 17.4 Å². The van der Waals surface area contributed by atoms with Crippen molar-refractivity contribution >= 4 is 11.8 Å².